The standard InChI is InChI=1S/C26H42N4O4/c31-17-13-29(14-18-32)25-7-3-23(4-8-25)21-27-11-1-2-12-28-22-24-5-9-26(10-6-24)30(15-19-33)16-20-34/h3-10,27-28,31-34H,1-2,11-22H2. The molecule has 0 aromatic heterocycles. The SMILES string of the molecule is OCCN(CCO)c1ccc(CNCCCCNCc2ccc(N(CCO)CCO)cc2)cc1. The Hall–Kier alpha value is -2.20. The van der Waals surface area contributed by atoms with Crippen LogP contribution in [-0.2, 0) is 13.1 Å². The van der Waals surface area contributed by atoms with Gasteiger partial charge in [-0.05, 0) is 61.3 Å². The van der Waals surface area contributed by atoms with Crippen LogP contribution in [0.25, 0.3) is 0 Å². The largest absolute Gasteiger partial charge is 0.395 e. The van der Waals surface area contributed by atoms with Gasteiger partial charge in [-0.15, -0.1) is 0 Å². The predicted molar refractivity (Wildman–Crippen MR) is 138 cm³/mol. The minimum Gasteiger partial charge on any atom is -0.395 e. The first-order valence-corrected chi connectivity index (χ1v) is 12.2. The summed E-state index contributed by atoms with van der Waals surface area (Å²) in [6, 6.07) is 16.5. The van der Waals surface area contributed by atoms with Crippen molar-refractivity contribution >= 4 is 11.4 Å². The third kappa shape index (κ3) is 10.4. The Morgan fingerprint density at radius 3 is 1.12 bits per heavy atom. The topological polar surface area (TPSA) is 111 Å². The number of anilines is 2. The van der Waals surface area contributed by atoms with Crippen LogP contribution in [0.4, 0.5) is 11.4 Å². The number of hydrogen-bond acceptors (Lipinski definition) is 8. The minimum atomic E-state index is 0.0695. The number of nitrogens with zero attached hydrogens (tertiary/aromatic N) is 2. The van der Waals surface area contributed by atoms with Gasteiger partial charge >= 0.3 is 0 Å². The van der Waals surface area contributed by atoms with Crippen molar-refractivity contribution in [2.24, 2.45) is 0 Å². The molecule has 2 aromatic rings. The molecular formula is C26H42N4O4. The third-order valence-corrected chi connectivity index (χ3v) is 5.70. The molecule has 2 rings (SSSR count). The average molecular weight is 475 g/mol. The Kier molecular flexibility index (Phi) is 14.2. The molecule has 0 spiro atoms. The van der Waals surface area contributed by atoms with E-state index in [0.29, 0.717) is 26.2 Å². The van der Waals surface area contributed by atoms with Gasteiger partial charge in [-0.2, -0.15) is 0 Å². The zero-order valence-corrected chi connectivity index (χ0v) is 20.2. The summed E-state index contributed by atoms with van der Waals surface area (Å²) in [4.78, 5) is 3.95. The van der Waals surface area contributed by atoms with E-state index in [0.717, 1.165) is 50.4 Å². The van der Waals surface area contributed by atoms with E-state index in [1.54, 1.807) is 0 Å². The highest BCUT2D eigenvalue weighted by Crippen LogP contribution is 2.16. The van der Waals surface area contributed by atoms with E-state index in [2.05, 4.69) is 34.9 Å². The number of hydrogen-bond donors (Lipinski definition) is 6. The van der Waals surface area contributed by atoms with E-state index >= 15 is 0 Å². The predicted octanol–water partition coefficient (Wildman–Crippen LogP) is 0.928. The minimum absolute atomic E-state index is 0.0695. The number of rotatable bonds is 19. The van der Waals surface area contributed by atoms with Gasteiger partial charge in [-0.25, -0.2) is 0 Å². The van der Waals surface area contributed by atoms with Gasteiger partial charge < -0.3 is 40.9 Å². The van der Waals surface area contributed by atoms with E-state index < -0.39 is 0 Å². The number of unbranched alkanes of at least 4 members (excludes halogenated alkanes) is 1. The maximum absolute atomic E-state index is 9.17. The van der Waals surface area contributed by atoms with Crippen LogP contribution in [0.1, 0.15) is 24.0 Å². The zero-order valence-electron chi connectivity index (χ0n) is 20.2. The first-order valence-electron chi connectivity index (χ1n) is 12.2. The lowest BCUT2D eigenvalue weighted by molar-refractivity contribution is 0.280. The van der Waals surface area contributed by atoms with Crippen LogP contribution in [0.15, 0.2) is 48.5 Å². The molecule has 0 atom stereocenters. The molecule has 0 aliphatic heterocycles. The van der Waals surface area contributed by atoms with Crippen molar-refractivity contribution in [2.75, 3.05) is 75.5 Å². The second kappa shape index (κ2) is 17.3. The molecule has 0 radical (unpaired) electrons. The second-order valence-corrected chi connectivity index (χ2v) is 8.26. The van der Waals surface area contributed by atoms with Gasteiger partial charge in [0.2, 0.25) is 0 Å². The Labute approximate surface area is 203 Å². The summed E-state index contributed by atoms with van der Waals surface area (Å²) >= 11 is 0. The van der Waals surface area contributed by atoms with Crippen LogP contribution >= 0.6 is 0 Å². The Balaban J connectivity index is 1.58. The lowest BCUT2D eigenvalue weighted by atomic mass is 10.2. The molecule has 0 fully saturated rings. The molecule has 34 heavy (non-hydrogen) atoms. The molecule has 190 valence electrons. The molecule has 0 unspecified atom stereocenters. The molecule has 0 heterocycles. The van der Waals surface area contributed by atoms with E-state index in [9.17, 15) is 0 Å². The van der Waals surface area contributed by atoms with Crippen molar-refractivity contribution in [3.05, 3.63) is 59.7 Å². The Bertz CT molecular complexity index is 681. The van der Waals surface area contributed by atoms with E-state index in [1.165, 1.54) is 11.1 Å². The van der Waals surface area contributed by atoms with Gasteiger partial charge in [-0.1, -0.05) is 24.3 Å². The summed E-state index contributed by atoms with van der Waals surface area (Å²) in [5.74, 6) is 0. The molecule has 0 aliphatic rings. The van der Waals surface area contributed by atoms with Gasteiger partial charge in [0.25, 0.3) is 0 Å². The highest BCUT2D eigenvalue weighted by molar-refractivity contribution is 5.48. The first kappa shape index (κ1) is 28.0. The maximum Gasteiger partial charge on any atom is 0.0606 e. The Morgan fingerprint density at radius 2 is 0.824 bits per heavy atom. The molecule has 8 heteroatoms. The summed E-state index contributed by atoms with van der Waals surface area (Å²) in [5, 5.41) is 43.6. The number of nitrogens with one attached hydrogen (secondary N) is 2. The lowest BCUT2D eigenvalue weighted by Crippen LogP contribution is -2.29. The summed E-state index contributed by atoms with van der Waals surface area (Å²) in [5.41, 5.74) is 4.46. The summed E-state index contributed by atoms with van der Waals surface area (Å²) in [6.45, 7) is 5.93. The van der Waals surface area contributed by atoms with Crippen molar-refractivity contribution in [3.63, 3.8) is 0 Å². The smallest absolute Gasteiger partial charge is 0.0606 e. The van der Waals surface area contributed by atoms with Crippen LogP contribution in [0, 0.1) is 0 Å². The molecule has 8 nitrogen and oxygen atoms in total. The van der Waals surface area contributed by atoms with Crippen LogP contribution < -0.4 is 20.4 Å². The van der Waals surface area contributed by atoms with Crippen molar-refractivity contribution in [3.8, 4) is 0 Å². The Morgan fingerprint density at radius 1 is 0.500 bits per heavy atom. The molecule has 0 saturated heterocycles. The van der Waals surface area contributed by atoms with Gasteiger partial charge in [-0.3, -0.25) is 0 Å². The monoisotopic (exact) mass is 474 g/mol. The van der Waals surface area contributed by atoms with Crippen molar-refractivity contribution in [2.45, 2.75) is 25.9 Å². The lowest BCUT2D eigenvalue weighted by Gasteiger charge is -2.23. The molecular weight excluding hydrogens is 432 g/mol. The van der Waals surface area contributed by atoms with Gasteiger partial charge in [0.1, 0.15) is 0 Å². The number of aliphatic hydroxyl groups is 4. The summed E-state index contributed by atoms with van der Waals surface area (Å²) in [7, 11) is 0. The van der Waals surface area contributed by atoms with Crippen molar-refractivity contribution in [1.29, 1.82) is 0 Å². The zero-order chi connectivity index (χ0) is 24.4. The fourth-order valence-electron chi connectivity index (χ4n) is 3.84. The fourth-order valence-corrected chi connectivity index (χ4v) is 3.84. The molecule has 0 saturated carbocycles. The van der Waals surface area contributed by atoms with Crippen LogP contribution in [0.3, 0.4) is 0 Å². The first-order chi connectivity index (χ1) is 16.7. The second-order valence-electron chi connectivity index (χ2n) is 8.26. The van der Waals surface area contributed by atoms with Crippen LogP contribution in [-0.4, -0.2) is 86.1 Å². The number of benzene rings is 2. The highest BCUT2D eigenvalue weighted by Gasteiger charge is 2.06. The molecule has 2 aromatic carbocycles. The third-order valence-electron chi connectivity index (χ3n) is 5.70. The van der Waals surface area contributed by atoms with Crippen LogP contribution in [0.5, 0.6) is 0 Å². The van der Waals surface area contributed by atoms with Crippen molar-refractivity contribution < 1.29 is 20.4 Å². The van der Waals surface area contributed by atoms with E-state index in [-0.39, 0.29) is 26.4 Å². The maximum atomic E-state index is 9.17. The van der Waals surface area contributed by atoms with Gasteiger partial charge in [0.05, 0.1) is 26.4 Å². The highest BCUT2D eigenvalue weighted by atomic mass is 16.3. The molecule has 0 amide bonds. The van der Waals surface area contributed by atoms with Crippen LogP contribution in [0.2, 0.25) is 0 Å². The van der Waals surface area contributed by atoms with Gasteiger partial charge in [0, 0.05) is 50.6 Å². The van der Waals surface area contributed by atoms with Crippen molar-refractivity contribution in [1.82, 2.24) is 10.6 Å². The summed E-state index contributed by atoms with van der Waals surface area (Å²) < 4.78 is 0. The number of aliphatic hydroxyl groups excluding tert-OH is 4. The average Bonchev–Trinajstić information content (AvgIpc) is 2.86. The quantitative estimate of drug-likeness (QED) is 0.167. The summed E-state index contributed by atoms with van der Waals surface area (Å²) in [6.07, 6.45) is 2.20. The van der Waals surface area contributed by atoms with E-state index in [4.69, 9.17) is 20.4 Å². The normalized spacial score (nSPS) is 11.1. The van der Waals surface area contributed by atoms with E-state index in [1.807, 2.05) is 34.1 Å². The molecule has 6 N–H and O–H groups in total. The van der Waals surface area contributed by atoms with Gasteiger partial charge in [0.15, 0.2) is 0 Å². The molecule has 0 aliphatic carbocycles. The fraction of sp³-hybridized carbons (Fsp3) is 0.538. The molecule has 0 bridgehead atoms.